The van der Waals surface area contributed by atoms with Crippen LogP contribution in [-0.2, 0) is 16.2 Å². The van der Waals surface area contributed by atoms with Gasteiger partial charge in [0, 0.05) is 69.0 Å². The molecule has 0 aliphatic rings. The highest BCUT2D eigenvalue weighted by Crippen LogP contribution is 2.32. The first-order valence-electron chi connectivity index (χ1n) is 14.3. The van der Waals surface area contributed by atoms with Crippen LogP contribution in [0.2, 0.25) is 0 Å². The molecule has 43 heavy (non-hydrogen) atoms. The highest BCUT2D eigenvalue weighted by molar-refractivity contribution is 7.99. The Kier molecular flexibility index (Phi) is 8.92. The van der Waals surface area contributed by atoms with Crippen LogP contribution in [0.5, 0.6) is 0 Å². The molecule has 0 aliphatic heterocycles. The molecule has 0 saturated heterocycles. The molecule has 6 nitrogen and oxygen atoms in total. The molecule has 0 aliphatic carbocycles. The quantitative estimate of drug-likeness (QED) is 0.0538. The van der Waals surface area contributed by atoms with Crippen molar-refractivity contribution in [2.24, 2.45) is 5.16 Å². The third kappa shape index (κ3) is 6.18. The van der Waals surface area contributed by atoms with E-state index in [1.165, 1.54) is 22.9 Å². The van der Waals surface area contributed by atoms with E-state index in [0.717, 1.165) is 33.9 Å². The van der Waals surface area contributed by atoms with Crippen LogP contribution in [0.25, 0.3) is 21.8 Å². The van der Waals surface area contributed by atoms with Gasteiger partial charge in [-0.3, -0.25) is 9.59 Å². The van der Waals surface area contributed by atoms with Gasteiger partial charge in [0.15, 0.2) is 5.78 Å². The Morgan fingerprint density at radius 2 is 1.40 bits per heavy atom. The van der Waals surface area contributed by atoms with Gasteiger partial charge in [-0.2, -0.15) is 0 Å². The Labute approximate surface area is 255 Å². The maximum Gasteiger partial charge on any atom is 0.331 e. The molecule has 5 aromatic rings. The molecule has 0 radical (unpaired) electrons. The number of hydrogen-bond donors (Lipinski definition) is 0. The van der Waals surface area contributed by atoms with Crippen molar-refractivity contribution in [3.05, 3.63) is 112 Å². The molecule has 0 bridgehead atoms. The number of carbonyl (C=O) groups excluding carboxylic acids is 3. The van der Waals surface area contributed by atoms with Crippen LogP contribution in [0, 0.1) is 20.8 Å². The molecule has 0 unspecified atom stereocenters. The number of hydrogen-bond acceptors (Lipinski definition) is 6. The van der Waals surface area contributed by atoms with Crippen LogP contribution in [-0.4, -0.2) is 33.6 Å². The first-order chi connectivity index (χ1) is 20.7. The summed E-state index contributed by atoms with van der Waals surface area (Å²) in [6.45, 7) is 10.1. The van der Waals surface area contributed by atoms with Crippen molar-refractivity contribution in [1.82, 2.24) is 4.57 Å². The minimum Gasteiger partial charge on any atom is -0.341 e. The van der Waals surface area contributed by atoms with Gasteiger partial charge in [-0.1, -0.05) is 47.6 Å². The maximum atomic E-state index is 13.8. The molecule has 7 heteroatoms. The summed E-state index contributed by atoms with van der Waals surface area (Å²) < 4.78 is 2.18. The lowest BCUT2D eigenvalue weighted by molar-refractivity contribution is -0.140. The van der Waals surface area contributed by atoms with Crippen molar-refractivity contribution in [1.29, 1.82) is 0 Å². The van der Waals surface area contributed by atoms with E-state index < -0.39 is 5.97 Å². The summed E-state index contributed by atoms with van der Waals surface area (Å²) in [5.74, 6) is -0.323. The summed E-state index contributed by atoms with van der Waals surface area (Å²) in [6.07, 6.45) is 0.328. The normalized spacial score (nSPS) is 11.7. The Morgan fingerprint density at radius 3 is 2.02 bits per heavy atom. The van der Waals surface area contributed by atoms with Gasteiger partial charge in [-0.25, -0.2) is 4.79 Å². The lowest BCUT2D eigenvalue weighted by Gasteiger charge is -2.10. The summed E-state index contributed by atoms with van der Waals surface area (Å²) in [7, 11) is 0. The minimum absolute atomic E-state index is 0.0400. The van der Waals surface area contributed by atoms with Gasteiger partial charge in [0.1, 0.15) is 5.71 Å². The molecule has 0 spiro atoms. The third-order valence-electron chi connectivity index (χ3n) is 7.64. The Hall–Kier alpha value is -4.49. The Morgan fingerprint density at radius 1 is 0.791 bits per heavy atom. The summed E-state index contributed by atoms with van der Waals surface area (Å²) >= 11 is 1.65. The number of thioether (sulfide) groups is 1. The smallest absolute Gasteiger partial charge is 0.331 e. The summed E-state index contributed by atoms with van der Waals surface area (Å²) in [4.78, 5) is 44.9. The van der Waals surface area contributed by atoms with E-state index in [4.69, 9.17) is 4.84 Å². The topological polar surface area (TPSA) is 77.7 Å². The number of rotatable bonds is 10. The van der Waals surface area contributed by atoms with Crippen LogP contribution in [0.15, 0.2) is 88.9 Å². The molecule has 1 aromatic heterocycles. The zero-order valence-corrected chi connectivity index (χ0v) is 25.9. The fourth-order valence-corrected chi connectivity index (χ4v) is 6.56. The monoisotopic (exact) mass is 590 g/mol. The molecular formula is C36H34N2O4S. The first-order valence-corrected chi connectivity index (χ1v) is 15.3. The number of oxime groups is 1. The molecule has 5 rings (SSSR count). The van der Waals surface area contributed by atoms with Crippen molar-refractivity contribution < 1.29 is 19.2 Å². The fraction of sp³-hybridized carbons (Fsp3) is 0.222. The highest BCUT2D eigenvalue weighted by Gasteiger charge is 2.20. The SMILES string of the molecule is CCn1c2ccc(C(=O)C(CCSc3c(C)cccc3C)=NOC(C)=O)cc2c2cc(C(=O)c3ccccc3C)ccc21. The van der Waals surface area contributed by atoms with Crippen LogP contribution in [0.1, 0.15) is 63.2 Å². The van der Waals surface area contributed by atoms with Gasteiger partial charge < -0.3 is 9.40 Å². The van der Waals surface area contributed by atoms with E-state index in [0.29, 0.717) is 28.9 Å². The minimum atomic E-state index is -0.583. The zero-order valence-electron chi connectivity index (χ0n) is 25.1. The van der Waals surface area contributed by atoms with Crippen molar-refractivity contribution in [2.45, 2.75) is 52.5 Å². The van der Waals surface area contributed by atoms with Gasteiger partial charge >= 0.3 is 5.97 Å². The van der Waals surface area contributed by atoms with Crippen molar-refractivity contribution in [2.75, 3.05) is 5.75 Å². The molecule has 0 fully saturated rings. The second kappa shape index (κ2) is 12.8. The predicted molar refractivity (Wildman–Crippen MR) is 175 cm³/mol. The summed E-state index contributed by atoms with van der Waals surface area (Å²) in [5, 5.41) is 5.74. The van der Waals surface area contributed by atoms with Crippen LogP contribution in [0.4, 0.5) is 0 Å². The Balaban J connectivity index is 1.51. The average Bonchev–Trinajstić information content (AvgIpc) is 3.31. The Bertz CT molecular complexity index is 1900. The van der Waals surface area contributed by atoms with E-state index in [1.807, 2.05) is 67.6 Å². The molecule has 4 aromatic carbocycles. The standard InChI is InChI=1S/C36H34N2O4S/c1-6-38-32-16-14-26(34(40)28-13-8-7-10-22(28)2)20-29(32)30-21-27(15-17-33(30)38)35(41)31(37-42-25(5)39)18-19-43-36-23(3)11-9-12-24(36)4/h7-17,20-21H,6,18-19H2,1-5H3. The van der Waals surface area contributed by atoms with Crippen LogP contribution in [0.3, 0.4) is 0 Å². The second-order valence-electron chi connectivity index (χ2n) is 10.6. The van der Waals surface area contributed by atoms with E-state index in [9.17, 15) is 14.4 Å². The van der Waals surface area contributed by atoms with E-state index in [1.54, 1.807) is 17.8 Å². The number of benzene rings is 4. The van der Waals surface area contributed by atoms with Crippen molar-refractivity contribution in [3.8, 4) is 0 Å². The molecule has 0 saturated carbocycles. The van der Waals surface area contributed by atoms with Gasteiger partial charge in [-0.05, 0) is 80.8 Å². The van der Waals surface area contributed by atoms with Gasteiger partial charge in [-0.15, -0.1) is 11.8 Å². The number of aromatic nitrogens is 1. The highest BCUT2D eigenvalue weighted by atomic mass is 32.2. The lowest BCUT2D eigenvalue weighted by Crippen LogP contribution is -2.17. The lowest BCUT2D eigenvalue weighted by atomic mass is 9.97. The molecule has 0 amide bonds. The predicted octanol–water partition coefficient (Wildman–Crippen LogP) is 8.25. The molecule has 0 N–H and O–H groups in total. The number of nitrogens with zero attached hydrogens (tertiary/aromatic N) is 2. The van der Waals surface area contributed by atoms with Crippen molar-refractivity contribution >= 4 is 56.8 Å². The third-order valence-corrected chi connectivity index (χ3v) is 8.98. The van der Waals surface area contributed by atoms with E-state index >= 15 is 0 Å². The number of ketones is 2. The summed E-state index contributed by atoms with van der Waals surface area (Å²) in [6, 6.07) is 25.1. The molecular weight excluding hydrogens is 556 g/mol. The first kappa shape index (κ1) is 30.0. The zero-order chi connectivity index (χ0) is 30.7. The van der Waals surface area contributed by atoms with Gasteiger partial charge in [0.05, 0.1) is 0 Å². The summed E-state index contributed by atoms with van der Waals surface area (Å²) in [5.41, 5.74) is 7.12. The largest absolute Gasteiger partial charge is 0.341 e. The number of carbonyl (C=O) groups is 3. The maximum absolute atomic E-state index is 13.8. The van der Waals surface area contributed by atoms with E-state index in [-0.39, 0.29) is 17.3 Å². The fourth-order valence-electron chi connectivity index (χ4n) is 5.47. The van der Waals surface area contributed by atoms with Crippen LogP contribution < -0.4 is 0 Å². The van der Waals surface area contributed by atoms with Crippen molar-refractivity contribution in [3.63, 3.8) is 0 Å². The average molecular weight is 591 g/mol. The van der Waals surface area contributed by atoms with Crippen LogP contribution >= 0.6 is 11.8 Å². The molecule has 0 atom stereocenters. The number of Topliss-reactive ketones (excluding diaryl/α,β-unsaturated/α-hetero) is 1. The van der Waals surface area contributed by atoms with Gasteiger partial charge in [0.2, 0.25) is 5.78 Å². The van der Waals surface area contributed by atoms with E-state index in [2.05, 4.69) is 42.6 Å². The number of fused-ring (bicyclic) bond motifs is 3. The number of aryl methyl sites for hydroxylation is 4. The van der Waals surface area contributed by atoms with Gasteiger partial charge in [0.25, 0.3) is 0 Å². The second-order valence-corrected chi connectivity index (χ2v) is 11.7. The molecule has 1 heterocycles. The molecule has 218 valence electrons.